The van der Waals surface area contributed by atoms with E-state index in [4.69, 9.17) is 21.1 Å². The monoisotopic (exact) mass is 201 g/mol. The van der Waals surface area contributed by atoms with Gasteiger partial charge in [-0.1, -0.05) is 6.42 Å². The number of hydrogen-bond acceptors (Lipinski definition) is 3. The fourth-order valence-electron chi connectivity index (χ4n) is 1.41. The van der Waals surface area contributed by atoms with Crippen LogP contribution in [0.3, 0.4) is 0 Å². The highest BCUT2D eigenvalue weighted by Gasteiger charge is 2.30. The predicted molar refractivity (Wildman–Crippen MR) is 45.1 cm³/mol. The van der Waals surface area contributed by atoms with Crippen molar-refractivity contribution in [1.82, 2.24) is 4.98 Å². The number of carbonyl (C=O) groups is 1. The van der Waals surface area contributed by atoms with Crippen LogP contribution in [-0.4, -0.2) is 16.1 Å². The molecule has 13 heavy (non-hydrogen) atoms. The number of oxazole rings is 1. The molecule has 0 radical (unpaired) electrons. The summed E-state index contributed by atoms with van der Waals surface area (Å²) in [5, 5.41) is 8.68. The zero-order chi connectivity index (χ0) is 9.42. The Kier molecular flexibility index (Phi) is 2.00. The Morgan fingerprint density at radius 3 is 2.77 bits per heavy atom. The second-order valence-electron chi connectivity index (χ2n) is 3.11. The molecule has 5 heteroatoms. The van der Waals surface area contributed by atoms with Crippen LogP contribution in [0, 0.1) is 0 Å². The highest BCUT2D eigenvalue weighted by molar-refractivity contribution is 6.27. The SMILES string of the molecule is O=C(O)c1nc(Cl)oc1C1CCC1. The van der Waals surface area contributed by atoms with Crippen molar-refractivity contribution in [2.75, 3.05) is 0 Å². The Morgan fingerprint density at radius 2 is 2.31 bits per heavy atom. The number of carboxylic acid groups (broad SMARTS) is 1. The molecule has 1 fully saturated rings. The normalized spacial score (nSPS) is 17.0. The summed E-state index contributed by atoms with van der Waals surface area (Å²) in [6.45, 7) is 0. The Balaban J connectivity index is 2.36. The molecule has 0 amide bonds. The molecule has 2 rings (SSSR count). The average Bonchev–Trinajstić information content (AvgIpc) is 2.27. The first kappa shape index (κ1) is 8.56. The molecule has 70 valence electrons. The molecule has 1 aromatic heterocycles. The molecule has 1 aliphatic rings. The van der Waals surface area contributed by atoms with Crippen molar-refractivity contribution in [3.05, 3.63) is 16.8 Å². The van der Waals surface area contributed by atoms with Gasteiger partial charge in [-0.2, -0.15) is 4.98 Å². The van der Waals surface area contributed by atoms with Crippen molar-refractivity contribution >= 4 is 17.6 Å². The first-order chi connectivity index (χ1) is 6.18. The number of aromatic nitrogens is 1. The van der Waals surface area contributed by atoms with Crippen molar-refractivity contribution in [3.63, 3.8) is 0 Å². The number of hydrogen-bond donors (Lipinski definition) is 1. The molecular formula is C8H8ClNO3. The molecule has 0 spiro atoms. The van der Waals surface area contributed by atoms with Gasteiger partial charge in [0.15, 0.2) is 5.69 Å². The van der Waals surface area contributed by atoms with Crippen LogP contribution in [0.4, 0.5) is 0 Å². The summed E-state index contributed by atoms with van der Waals surface area (Å²) in [6, 6.07) is 0. The fraction of sp³-hybridized carbons (Fsp3) is 0.500. The van der Waals surface area contributed by atoms with E-state index in [1.54, 1.807) is 0 Å². The molecule has 0 bridgehead atoms. The smallest absolute Gasteiger partial charge is 0.358 e. The van der Waals surface area contributed by atoms with Crippen molar-refractivity contribution < 1.29 is 14.3 Å². The van der Waals surface area contributed by atoms with E-state index in [2.05, 4.69) is 4.98 Å². The highest BCUT2D eigenvalue weighted by atomic mass is 35.5. The largest absolute Gasteiger partial charge is 0.476 e. The third-order valence-corrected chi connectivity index (χ3v) is 2.47. The summed E-state index contributed by atoms with van der Waals surface area (Å²) < 4.78 is 5.05. The van der Waals surface area contributed by atoms with Crippen LogP contribution in [-0.2, 0) is 0 Å². The van der Waals surface area contributed by atoms with Crippen LogP contribution >= 0.6 is 11.6 Å². The Morgan fingerprint density at radius 1 is 1.62 bits per heavy atom. The van der Waals surface area contributed by atoms with Gasteiger partial charge in [0.25, 0.3) is 5.35 Å². The third-order valence-electron chi connectivity index (χ3n) is 2.31. The Hall–Kier alpha value is -1.03. The van der Waals surface area contributed by atoms with Crippen LogP contribution in [0.1, 0.15) is 41.4 Å². The lowest BCUT2D eigenvalue weighted by Crippen LogP contribution is -2.12. The minimum absolute atomic E-state index is 0.0327. The zero-order valence-corrected chi connectivity index (χ0v) is 7.54. The second kappa shape index (κ2) is 3.03. The highest BCUT2D eigenvalue weighted by Crippen LogP contribution is 2.38. The number of carboxylic acids is 1. The van der Waals surface area contributed by atoms with Crippen molar-refractivity contribution in [2.24, 2.45) is 0 Å². The summed E-state index contributed by atoms with van der Waals surface area (Å²) >= 11 is 5.49. The quantitative estimate of drug-likeness (QED) is 0.798. The van der Waals surface area contributed by atoms with E-state index in [0.717, 1.165) is 19.3 Å². The minimum Gasteiger partial charge on any atom is -0.476 e. The average molecular weight is 202 g/mol. The zero-order valence-electron chi connectivity index (χ0n) is 6.79. The summed E-state index contributed by atoms with van der Waals surface area (Å²) in [7, 11) is 0. The lowest BCUT2D eigenvalue weighted by atomic mass is 9.83. The van der Waals surface area contributed by atoms with Crippen LogP contribution in [0.2, 0.25) is 5.35 Å². The standard InChI is InChI=1S/C8H8ClNO3/c9-8-10-5(7(11)12)6(13-8)4-2-1-3-4/h4H,1-3H2,(H,11,12). The lowest BCUT2D eigenvalue weighted by molar-refractivity contribution is 0.0687. The van der Waals surface area contributed by atoms with E-state index >= 15 is 0 Å². The maximum atomic E-state index is 10.7. The molecule has 1 aromatic rings. The van der Waals surface area contributed by atoms with Gasteiger partial charge >= 0.3 is 5.97 Å². The number of halogens is 1. The molecule has 1 aliphatic carbocycles. The van der Waals surface area contributed by atoms with Crippen LogP contribution in [0.5, 0.6) is 0 Å². The van der Waals surface area contributed by atoms with Crippen molar-refractivity contribution in [2.45, 2.75) is 25.2 Å². The van der Waals surface area contributed by atoms with Gasteiger partial charge in [-0.25, -0.2) is 4.79 Å². The minimum atomic E-state index is -1.07. The molecule has 1 heterocycles. The number of nitrogens with zero attached hydrogens (tertiary/aromatic N) is 1. The molecule has 0 atom stereocenters. The first-order valence-corrected chi connectivity index (χ1v) is 4.46. The molecule has 4 nitrogen and oxygen atoms in total. The van der Waals surface area contributed by atoms with Gasteiger partial charge < -0.3 is 9.52 Å². The van der Waals surface area contributed by atoms with Gasteiger partial charge in [0, 0.05) is 5.92 Å². The van der Waals surface area contributed by atoms with E-state index in [0.29, 0.717) is 5.76 Å². The third kappa shape index (κ3) is 1.42. The van der Waals surface area contributed by atoms with Gasteiger partial charge in [0.05, 0.1) is 0 Å². The lowest BCUT2D eigenvalue weighted by Gasteiger charge is -2.22. The molecule has 0 aromatic carbocycles. The summed E-state index contributed by atoms with van der Waals surface area (Å²) in [6.07, 6.45) is 3.04. The van der Waals surface area contributed by atoms with Gasteiger partial charge in [-0.3, -0.25) is 0 Å². The van der Waals surface area contributed by atoms with E-state index in [1.165, 1.54) is 0 Å². The molecule has 0 saturated heterocycles. The van der Waals surface area contributed by atoms with E-state index in [1.807, 2.05) is 0 Å². The molecule has 1 saturated carbocycles. The van der Waals surface area contributed by atoms with Crippen molar-refractivity contribution in [3.8, 4) is 0 Å². The molecule has 1 N–H and O–H groups in total. The maximum absolute atomic E-state index is 10.7. The van der Waals surface area contributed by atoms with Crippen LogP contribution in [0.25, 0.3) is 0 Å². The molecular weight excluding hydrogens is 194 g/mol. The molecule has 0 unspecified atom stereocenters. The first-order valence-electron chi connectivity index (χ1n) is 4.08. The Bertz CT molecular complexity index is 343. The van der Waals surface area contributed by atoms with Crippen LogP contribution < -0.4 is 0 Å². The topological polar surface area (TPSA) is 63.3 Å². The summed E-state index contributed by atoms with van der Waals surface area (Å²) in [5.74, 6) is -0.438. The number of rotatable bonds is 2. The van der Waals surface area contributed by atoms with Gasteiger partial charge in [-0.15, -0.1) is 0 Å². The summed E-state index contributed by atoms with van der Waals surface area (Å²) in [4.78, 5) is 14.3. The number of aromatic carboxylic acids is 1. The van der Waals surface area contributed by atoms with Gasteiger partial charge in [-0.05, 0) is 24.4 Å². The van der Waals surface area contributed by atoms with E-state index in [9.17, 15) is 4.79 Å². The van der Waals surface area contributed by atoms with Gasteiger partial charge in [0.2, 0.25) is 0 Å². The Labute approximate surface area is 79.5 Å². The van der Waals surface area contributed by atoms with E-state index in [-0.39, 0.29) is 17.0 Å². The predicted octanol–water partition coefficient (Wildman–Crippen LogP) is 2.29. The van der Waals surface area contributed by atoms with Crippen molar-refractivity contribution in [1.29, 1.82) is 0 Å². The fourth-order valence-corrected chi connectivity index (χ4v) is 1.57. The second-order valence-corrected chi connectivity index (χ2v) is 3.44. The van der Waals surface area contributed by atoms with Gasteiger partial charge in [0.1, 0.15) is 5.76 Å². The van der Waals surface area contributed by atoms with Crippen LogP contribution in [0.15, 0.2) is 4.42 Å². The van der Waals surface area contributed by atoms with E-state index < -0.39 is 5.97 Å². The maximum Gasteiger partial charge on any atom is 0.358 e. The summed E-state index contributed by atoms with van der Waals surface area (Å²) in [5.41, 5.74) is -0.0327. The molecule has 0 aliphatic heterocycles.